The second-order valence-corrected chi connectivity index (χ2v) is 6.22. The Hall–Kier alpha value is -1.91. The number of hydrogen-bond donors (Lipinski definition) is 2. The standard InChI is InChI=1S/C17H22FNO3/c1-12(7-8-13-5-2-3-6-14(13)18)16(22)19-17(9-4-10-17)11-15(20)21/h2-3,5-6,12H,4,7-11H2,1H3,(H,19,22)(H,20,21). The molecule has 0 bridgehead atoms. The minimum atomic E-state index is -0.890. The van der Waals surface area contributed by atoms with Gasteiger partial charge in [-0.25, -0.2) is 4.39 Å². The molecule has 2 rings (SSSR count). The number of carboxylic acids is 1. The lowest BCUT2D eigenvalue weighted by atomic mass is 9.74. The molecular formula is C17H22FNO3. The molecule has 1 aliphatic rings. The van der Waals surface area contributed by atoms with Gasteiger partial charge in [0.05, 0.1) is 12.0 Å². The van der Waals surface area contributed by atoms with Gasteiger partial charge in [-0.3, -0.25) is 9.59 Å². The van der Waals surface area contributed by atoms with Crippen LogP contribution in [0.2, 0.25) is 0 Å². The van der Waals surface area contributed by atoms with Gasteiger partial charge in [-0.2, -0.15) is 0 Å². The Labute approximate surface area is 129 Å². The number of hydrogen-bond acceptors (Lipinski definition) is 2. The van der Waals surface area contributed by atoms with E-state index in [0.717, 1.165) is 6.42 Å². The summed E-state index contributed by atoms with van der Waals surface area (Å²) in [7, 11) is 0. The topological polar surface area (TPSA) is 66.4 Å². The molecule has 0 aromatic heterocycles. The lowest BCUT2D eigenvalue weighted by molar-refractivity contribution is -0.140. The maximum absolute atomic E-state index is 13.6. The Morgan fingerprint density at radius 1 is 1.36 bits per heavy atom. The summed E-state index contributed by atoms with van der Waals surface area (Å²) in [4.78, 5) is 23.2. The number of rotatable bonds is 7. The zero-order valence-corrected chi connectivity index (χ0v) is 12.8. The Morgan fingerprint density at radius 2 is 2.05 bits per heavy atom. The van der Waals surface area contributed by atoms with Crippen molar-refractivity contribution in [2.24, 2.45) is 5.92 Å². The predicted octanol–water partition coefficient (Wildman–Crippen LogP) is 2.91. The first-order valence-electron chi connectivity index (χ1n) is 7.69. The van der Waals surface area contributed by atoms with Crippen LogP contribution < -0.4 is 5.32 Å². The van der Waals surface area contributed by atoms with Crippen LogP contribution in [-0.4, -0.2) is 22.5 Å². The number of carboxylic acid groups (broad SMARTS) is 1. The molecule has 0 spiro atoms. The normalized spacial score (nSPS) is 17.4. The van der Waals surface area contributed by atoms with Crippen LogP contribution in [0.15, 0.2) is 24.3 Å². The summed E-state index contributed by atoms with van der Waals surface area (Å²) >= 11 is 0. The molecule has 22 heavy (non-hydrogen) atoms. The van der Waals surface area contributed by atoms with Gasteiger partial charge in [0.15, 0.2) is 0 Å². The van der Waals surface area contributed by atoms with Crippen LogP contribution in [0.4, 0.5) is 4.39 Å². The van der Waals surface area contributed by atoms with Crippen LogP contribution in [0.1, 0.15) is 44.6 Å². The molecule has 1 aromatic carbocycles. The van der Waals surface area contributed by atoms with Crippen LogP contribution in [0, 0.1) is 11.7 Å². The number of halogens is 1. The molecule has 1 saturated carbocycles. The fourth-order valence-corrected chi connectivity index (χ4v) is 2.83. The Kier molecular flexibility index (Phi) is 5.16. The average molecular weight is 307 g/mol. The molecule has 1 fully saturated rings. The third kappa shape index (κ3) is 4.06. The molecule has 1 atom stereocenters. The number of amides is 1. The first-order valence-corrected chi connectivity index (χ1v) is 7.69. The van der Waals surface area contributed by atoms with Gasteiger partial charge in [0.1, 0.15) is 5.82 Å². The largest absolute Gasteiger partial charge is 0.481 e. The van der Waals surface area contributed by atoms with Crippen LogP contribution in [0.3, 0.4) is 0 Å². The van der Waals surface area contributed by atoms with Crippen molar-refractivity contribution >= 4 is 11.9 Å². The van der Waals surface area contributed by atoms with Crippen molar-refractivity contribution in [2.45, 2.75) is 51.0 Å². The molecule has 1 aliphatic carbocycles. The summed E-state index contributed by atoms with van der Waals surface area (Å²) in [5.41, 5.74) is 0.0286. The average Bonchev–Trinajstić information content (AvgIpc) is 2.43. The van der Waals surface area contributed by atoms with E-state index < -0.39 is 11.5 Å². The van der Waals surface area contributed by atoms with Gasteiger partial charge in [-0.15, -0.1) is 0 Å². The number of benzene rings is 1. The van der Waals surface area contributed by atoms with Crippen molar-refractivity contribution < 1.29 is 19.1 Å². The zero-order chi connectivity index (χ0) is 16.2. The lowest BCUT2D eigenvalue weighted by Gasteiger charge is -2.42. The van der Waals surface area contributed by atoms with E-state index in [0.29, 0.717) is 31.2 Å². The molecule has 0 radical (unpaired) electrons. The fraction of sp³-hybridized carbons (Fsp3) is 0.529. The molecular weight excluding hydrogens is 285 g/mol. The summed E-state index contributed by atoms with van der Waals surface area (Å²) in [5.74, 6) is -1.56. The summed E-state index contributed by atoms with van der Waals surface area (Å²) < 4.78 is 13.6. The van der Waals surface area contributed by atoms with Gasteiger partial charge in [0.2, 0.25) is 5.91 Å². The molecule has 1 aromatic rings. The number of aliphatic carboxylic acids is 1. The third-order valence-corrected chi connectivity index (χ3v) is 4.44. The molecule has 0 aliphatic heterocycles. The Bertz CT molecular complexity index is 555. The highest BCUT2D eigenvalue weighted by molar-refractivity contribution is 5.80. The number of aryl methyl sites for hydroxylation is 1. The summed E-state index contributed by atoms with van der Waals surface area (Å²) in [5, 5.41) is 11.9. The van der Waals surface area contributed by atoms with Crippen LogP contribution >= 0.6 is 0 Å². The molecule has 5 heteroatoms. The third-order valence-electron chi connectivity index (χ3n) is 4.44. The van der Waals surface area contributed by atoms with Crippen molar-refractivity contribution in [3.8, 4) is 0 Å². The van der Waals surface area contributed by atoms with E-state index in [2.05, 4.69) is 5.32 Å². The predicted molar refractivity (Wildman–Crippen MR) is 80.9 cm³/mol. The summed E-state index contributed by atoms with van der Waals surface area (Å²) in [6.45, 7) is 1.79. The first kappa shape index (κ1) is 16.5. The van der Waals surface area contributed by atoms with Crippen molar-refractivity contribution in [1.82, 2.24) is 5.32 Å². The van der Waals surface area contributed by atoms with Crippen molar-refractivity contribution in [3.05, 3.63) is 35.6 Å². The molecule has 0 saturated heterocycles. The van der Waals surface area contributed by atoms with Gasteiger partial charge >= 0.3 is 5.97 Å². The maximum atomic E-state index is 13.6. The van der Waals surface area contributed by atoms with Gasteiger partial charge in [-0.1, -0.05) is 25.1 Å². The Morgan fingerprint density at radius 3 is 2.59 bits per heavy atom. The summed E-state index contributed by atoms with van der Waals surface area (Å²) in [6, 6.07) is 6.55. The molecule has 1 amide bonds. The van der Waals surface area contributed by atoms with E-state index in [9.17, 15) is 14.0 Å². The second-order valence-electron chi connectivity index (χ2n) is 6.22. The minimum absolute atomic E-state index is 0.0290. The van der Waals surface area contributed by atoms with Gasteiger partial charge in [0, 0.05) is 5.92 Å². The van der Waals surface area contributed by atoms with E-state index in [-0.39, 0.29) is 24.1 Å². The fourth-order valence-electron chi connectivity index (χ4n) is 2.83. The van der Waals surface area contributed by atoms with Crippen LogP contribution in [-0.2, 0) is 16.0 Å². The number of nitrogens with one attached hydrogen (secondary N) is 1. The zero-order valence-electron chi connectivity index (χ0n) is 12.8. The quantitative estimate of drug-likeness (QED) is 0.814. The number of carbonyl (C=O) groups is 2. The maximum Gasteiger partial charge on any atom is 0.305 e. The van der Waals surface area contributed by atoms with Crippen LogP contribution in [0.25, 0.3) is 0 Å². The highest BCUT2D eigenvalue weighted by atomic mass is 19.1. The van der Waals surface area contributed by atoms with Crippen LogP contribution in [0.5, 0.6) is 0 Å². The number of carbonyl (C=O) groups excluding carboxylic acids is 1. The lowest BCUT2D eigenvalue weighted by Crippen LogP contribution is -2.55. The van der Waals surface area contributed by atoms with E-state index >= 15 is 0 Å². The van der Waals surface area contributed by atoms with E-state index in [4.69, 9.17) is 5.11 Å². The van der Waals surface area contributed by atoms with E-state index in [1.165, 1.54) is 6.07 Å². The molecule has 1 unspecified atom stereocenters. The highest BCUT2D eigenvalue weighted by Gasteiger charge is 2.40. The monoisotopic (exact) mass is 307 g/mol. The first-order chi connectivity index (χ1) is 10.4. The molecule has 120 valence electrons. The van der Waals surface area contributed by atoms with Gasteiger partial charge in [0.25, 0.3) is 0 Å². The summed E-state index contributed by atoms with van der Waals surface area (Å²) in [6.07, 6.45) is 3.37. The molecule has 2 N–H and O–H groups in total. The van der Waals surface area contributed by atoms with Crippen molar-refractivity contribution in [2.75, 3.05) is 0 Å². The van der Waals surface area contributed by atoms with Crippen molar-refractivity contribution in [1.29, 1.82) is 0 Å². The second kappa shape index (κ2) is 6.90. The SMILES string of the molecule is CC(CCc1ccccc1F)C(=O)NC1(CC(=O)O)CCC1. The highest BCUT2D eigenvalue weighted by Crippen LogP contribution is 2.35. The van der Waals surface area contributed by atoms with Crippen molar-refractivity contribution in [3.63, 3.8) is 0 Å². The molecule has 4 nitrogen and oxygen atoms in total. The van der Waals surface area contributed by atoms with Gasteiger partial charge < -0.3 is 10.4 Å². The molecule has 0 heterocycles. The van der Waals surface area contributed by atoms with E-state index in [1.807, 2.05) is 0 Å². The van der Waals surface area contributed by atoms with E-state index in [1.54, 1.807) is 25.1 Å². The Balaban J connectivity index is 1.87. The van der Waals surface area contributed by atoms with Gasteiger partial charge in [-0.05, 0) is 43.7 Å². The smallest absolute Gasteiger partial charge is 0.305 e. The minimum Gasteiger partial charge on any atom is -0.481 e.